The Morgan fingerprint density at radius 3 is 1.83 bits per heavy atom. The van der Waals surface area contributed by atoms with Crippen molar-refractivity contribution >= 4 is 40.7 Å². The van der Waals surface area contributed by atoms with E-state index in [-0.39, 0.29) is 43.2 Å². The topological polar surface area (TPSA) is 83.8 Å². The summed E-state index contributed by atoms with van der Waals surface area (Å²) in [5.74, 6) is -1.60. The lowest BCUT2D eigenvalue weighted by molar-refractivity contribution is -0.385. The van der Waals surface area contributed by atoms with Crippen molar-refractivity contribution in [3.05, 3.63) is 73.0 Å². The van der Waals surface area contributed by atoms with Gasteiger partial charge >= 0.3 is 0 Å². The Balaban J connectivity index is 1.71. The second kappa shape index (κ2) is 8.34. The zero-order valence-corrected chi connectivity index (χ0v) is 16.8. The fourth-order valence-electron chi connectivity index (χ4n) is 3.13. The molecule has 0 atom stereocenters. The zero-order chi connectivity index (χ0) is 21.3. The second-order valence-electron chi connectivity index (χ2n) is 6.60. The van der Waals surface area contributed by atoms with Crippen molar-refractivity contribution in [1.29, 1.82) is 0 Å². The number of hydrogen-bond acceptors (Lipinski definition) is 4. The van der Waals surface area contributed by atoms with E-state index in [4.69, 9.17) is 23.2 Å². The molecule has 1 fully saturated rings. The fraction of sp³-hybridized carbons (Fsp3) is 0.263. The van der Waals surface area contributed by atoms with Gasteiger partial charge in [0.2, 0.25) is 0 Å². The zero-order valence-electron chi connectivity index (χ0n) is 15.3. The summed E-state index contributed by atoms with van der Waals surface area (Å²) in [4.78, 5) is 38.7. The number of nitro benzene ring substituents is 1. The molecule has 7 nitrogen and oxygen atoms in total. The lowest BCUT2D eigenvalue weighted by atomic mass is 10.1. The Morgan fingerprint density at radius 1 is 0.931 bits per heavy atom. The van der Waals surface area contributed by atoms with Gasteiger partial charge in [0, 0.05) is 53.4 Å². The molecule has 1 aliphatic rings. The largest absolute Gasteiger partial charge is 0.335 e. The van der Waals surface area contributed by atoms with Crippen LogP contribution < -0.4 is 0 Å². The molecule has 0 N–H and O–H groups in total. The first-order valence-electron chi connectivity index (χ1n) is 8.66. The molecule has 2 amide bonds. The van der Waals surface area contributed by atoms with E-state index in [1.807, 2.05) is 0 Å². The van der Waals surface area contributed by atoms with Gasteiger partial charge in [-0.2, -0.15) is 0 Å². The van der Waals surface area contributed by atoms with Crippen molar-refractivity contribution in [1.82, 2.24) is 9.80 Å². The van der Waals surface area contributed by atoms with Gasteiger partial charge in [-0.25, -0.2) is 4.39 Å². The molecule has 29 heavy (non-hydrogen) atoms. The average molecular weight is 440 g/mol. The van der Waals surface area contributed by atoms with Crippen LogP contribution in [0.3, 0.4) is 0 Å². The van der Waals surface area contributed by atoms with Crippen LogP contribution in [0.15, 0.2) is 30.3 Å². The third-order valence-corrected chi connectivity index (χ3v) is 5.16. The predicted molar refractivity (Wildman–Crippen MR) is 106 cm³/mol. The number of hydrogen-bond donors (Lipinski definition) is 0. The van der Waals surface area contributed by atoms with Gasteiger partial charge in [0.15, 0.2) is 0 Å². The second-order valence-corrected chi connectivity index (χ2v) is 7.47. The normalized spacial score (nSPS) is 14.1. The molecule has 2 aromatic rings. The van der Waals surface area contributed by atoms with Crippen LogP contribution in [0.1, 0.15) is 26.3 Å². The van der Waals surface area contributed by atoms with E-state index in [1.54, 1.807) is 4.90 Å². The number of nitro groups is 1. The fourth-order valence-corrected chi connectivity index (χ4v) is 3.66. The maximum Gasteiger partial charge on any atom is 0.276 e. The third kappa shape index (κ3) is 4.49. The Labute approximate surface area is 175 Å². The van der Waals surface area contributed by atoms with Crippen LogP contribution in [-0.4, -0.2) is 52.7 Å². The predicted octanol–water partition coefficient (Wildman–Crippen LogP) is 3.95. The monoisotopic (exact) mass is 439 g/mol. The number of halogens is 3. The van der Waals surface area contributed by atoms with Crippen molar-refractivity contribution < 1.29 is 18.9 Å². The lowest BCUT2D eigenvalue weighted by Gasteiger charge is -2.35. The molecule has 2 aromatic carbocycles. The minimum Gasteiger partial charge on any atom is -0.335 e. The van der Waals surface area contributed by atoms with Crippen LogP contribution in [0.2, 0.25) is 10.0 Å². The third-order valence-electron chi connectivity index (χ3n) is 4.72. The van der Waals surface area contributed by atoms with Gasteiger partial charge < -0.3 is 9.80 Å². The van der Waals surface area contributed by atoms with Crippen molar-refractivity contribution in [3.63, 3.8) is 0 Å². The number of amides is 2. The number of benzene rings is 2. The summed E-state index contributed by atoms with van der Waals surface area (Å²) in [6, 6.07) is 6.63. The average Bonchev–Trinajstić information content (AvgIpc) is 2.68. The van der Waals surface area contributed by atoms with Gasteiger partial charge in [-0.05, 0) is 31.2 Å². The summed E-state index contributed by atoms with van der Waals surface area (Å²) in [6.07, 6.45) is 0. The van der Waals surface area contributed by atoms with Crippen molar-refractivity contribution in [2.75, 3.05) is 26.2 Å². The van der Waals surface area contributed by atoms with Gasteiger partial charge in [-0.15, -0.1) is 0 Å². The molecule has 0 bridgehead atoms. The first-order valence-corrected chi connectivity index (χ1v) is 9.42. The van der Waals surface area contributed by atoms with Crippen molar-refractivity contribution in [3.8, 4) is 0 Å². The first-order chi connectivity index (χ1) is 13.7. The molecule has 0 unspecified atom stereocenters. The van der Waals surface area contributed by atoms with E-state index in [9.17, 15) is 24.1 Å². The molecule has 1 aliphatic heterocycles. The standard InChI is InChI=1S/C19H16Cl2FN3O4/c1-11-16(22)8-13(9-17(11)25(28)29)19(27)24-4-2-23(3-5-24)18(26)12-6-14(20)10-15(21)7-12/h6-10H,2-5H2,1H3. The van der Waals surface area contributed by atoms with Crippen LogP contribution in [-0.2, 0) is 0 Å². The van der Waals surface area contributed by atoms with E-state index in [0.29, 0.717) is 15.6 Å². The highest BCUT2D eigenvalue weighted by Gasteiger charge is 2.28. The maximum atomic E-state index is 14.0. The lowest BCUT2D eigenvalue weighted by Crippen LogP contribution is -2.50. The smallest absolute Gasteiger partial charge is 0.276 e. The van der Waals surface area contributed by atoms with Gasteiger partial charge in [-0.1, -0.05) is 23.2 Å². The molecule has 3 rings (SSSR count). The highest BCUT2D eigenvalue weighted by atomic mass is 35.5. The Morgan fingerprint density at radius 2 is 1.38 bits per heavy atom. The van der Waals surface area contributed by atoms with Crippen LogP contribution in [0.5, 0.6) is 0 Å². The minimum absolute atomic E-state index is 0.0961. The van der Waals surface area contributed by atoms with E-state index in [0.717, 1.165) is 12.1 Å². The molecule has 0 radical (unpaired) electrons. The number of carbonyl (C=O) groups is 2. The SMILES string of the molecule is Cc1c(F)cc(C(=O)N2CCN(C(=O)c3cc(Cl)cc(Cl)c3)CC2)cc1[N+](=O)[O-]. The highest BCUT2D eigenvalue weighted by Crippen LogP contribution is 2.24. The summed E-state index contributed by atoms with van der Waals surface area (Å²) in [6.45, 7) is 2.22. The summed E-state index contributed by atoms with van der Waals surface area (Å²) in [5.41, 5.74) is -0.318. The summed E-state index contributed by atoms with van der Waals surface area (Å²) in [7, 11) is 0. The van der Waals surface area contributed by atoms with Crippen LogP contribution in [0.25, 0.3) is 0 Å². The summed E-state index contributed by atoms with van der Waals surface area (Å²) in [5, 5.41) is 11.8. The molecule has 0 aliphatic carbocycles. The molecule has 1 heterocycles. The first kappa shape index (κ1) is 21.0. The molecule has 0 spiro atoms. The van der Waals surface area contributed by atoms with E-state index < -0.39 is 22.3 Å². The maximum absolute atomic E-state index is 14.0. The molecule has 0 aromatic heterocycles. The number of rotatable bonds is 3. The van der Waals surface area contributed by atoms with Gasteiger partial charge in [0.05, 0.1) is 10.5 Å². The van der Waals surface area contributed by atoms with Crippen LogP contribution in [0, 0.1) is 22.9 Å². The summed E-state index contributed by atoms with van der Waals surface area (Å²) >= 11 is 11.9. The van der Waals surface area contributed by atoms with E-state index in [1.165, 1.54) is 30.0 Å². The van der Waals surface area contributed by atoms with Gasteiger partial charge in [0.25, 0.3) is 17.5 Å². The highest BCUT2D eigenvalue weighted by molar-refractivity contribution is 6.35. The van der Waals surface area contributed by atoms with Crippen LogP contribution >= 0.6 is 23.2 Å². The molecule has 152 valence electrons. The molecular weight excluding hydrogens is 424 g/mol. The number of piperazine rings is 1. The van der Waals surface area contributed by atoms with E-state index in [2.05, 4.69) is 0 Å². The Kier molecular flexibility index (Phi) is 6.04. The van der Waals surface area contributed by atoms with Gasteiger partial charge in [0.1, 0.15) is 5.82 Å². The van der Waals surface area contributed by atoms with E-state index >= 15 is 0 Å². The summed E-state index contributed by atoms with van der Waals surface area (Å²) < 4.78 is 14.0. The quantitative estimate of drug-likeness (QED) is 0.535. The minimum atomic E-state index is -0.811. The molecule has 1 saturated heterocycles. The molecular formula is C19H16Cl2FN3O4. The van der Waals surface area contributed by atoms with Crippen molar-refractivity contribution in [2.24, 2.45) is 0 Å². The number of nitrogens with zero attached hydrogens (tertiary/aromatic N) is 3. The Bertz CT molecular complexity index is 987. The number of carbonyl (C=O) groups excluding carboxylic acids is 2. The van der Waals surface area contributed by atoms with Crippen molar-refractivity contribution in [2.45, 2.75) is 6.92 Å². The van der Waals surface area contributed by atoms with Gasteiger partial charge in [-0.3, -0.25) is 19.7 Å². The molecule has 0 saturated carbocycles. The van der Waals surface area contributed by atoms with Crippen LogP contribution in [0.4, 0.5) is 10.1 Å². The Hall–Kier alpha value is -2.71. The molecule has 10 heteroatoms.